The number of para-hydroxylation sites is 1. The molecule has 2 aromatic heterocycles. The third-order valence-electron chi connectivity index (χ3n) is 5.45. The smallest absolute Gasteiger partial charge is 0.410 e. The van der Waals surface area contributed by atoms with E-state index in [-0.39, 0.29) is 12.1 Å². The molecule has 8 nitrogen and oxygen atoms in total. The maximum atomic E-state index is 12.4. The first-order valence-electron chi connectivity index (χ1n) is 10.5. The van der Waals surface area contributed by atoms with Crippen LogP contribution >= 0.6 is 0 Å². The summed E-state index contributed by atoms with van der Waals surface area (Å²) in [6.07, 6.45) is 2.38. The van der Waals surface area contributed by atoms with Gasteiger partial charge in [0.2, 0.25) is 0 Å². The van der Waals surface area contributed by atoms with Crippen molar-refractivity contribution in [1.82, 2.24) is 19.5 Å². The molecular weight excluding hydrogens is 394 g/mol. The minimum atomic E-state index is -0.507. The van der Waals surface area contributed by atoms with Crippen molar-refractivity contribution in [3.63, 3.8) is 0 Å². The second-order valence-electron chi connectivity index (χ2n) is 8.79. The molecule has 1 aliphatic rings. The van der Waals surface area contributed by atoms with Gasteiger partial charge in [-0.05, 0) is 51.5 Å². The molecule has 1 saturated heterocycles. The van der Waals surface area contributed by atoms with Crippen LogP contribution in [0, 0.1) is 0 Å². The second-order valence-corrected chi connectivity index (χ2v) is 8.79. The number of aromatic nitrogens is 3. The molecule has 0 saturated carbocycles. The molecule has 0 bridgehead atoms. The molecule has 1 amide bonds. The lowest BCUT2D eigenvalue weighted by molar-refractivity contribution is 0.0238. The predicted molar refractivity (Wildman–Crippen MR) is 120 cm³/mol. The first-order chi connectivity index (χ1) is 14.8. The van der Waals surface area contributed by atoms with Gasteiger partial charge in [-0.2, -0.15) is 0 Å². The Morgan fingerprint density at radius 2 is 1.97 bits per heavy atom. The molecular formula is C23H29N5O3. The van der Waals surface area contributed by atoms with Crippen LogP contribution in [0.4, 0.5) is 10.6 Å². The van der Waals surface area contributed by atoms with Gasteiger partial charge in [0.1, 0.15) is 17.2 Å². The summed E-state index contributed by atoms with van der Waals surface area (Å²) in [7, 11) is 3.46. The maximum Gasteiger partial charge on any atom is 0.410 e. The number of ether oxygens (including phenoxy) is 2. The lowest BCUT2D eigenvalue weighted by atomic mass is 10.1. The largest absolute Gasteiger partial charge is 0.496 e. The van der Waals surface area contributed by atoms with Gasteiger partial charge in [-0.3, -0.25) is 0 Å². The number of carbonyl (C=O) groups is 1. The first-order valence-corrected chi connectivity index (χ1v) is 10.5. The van der Waals surface area contributed by atoms with Gasteiger partial charge in [-0.25, -0.2) is 14.3 Å². The van der Waals surface area contributed by atoms with Crippen molar-refractivity contribution in [2.45, 2.75) is 38.8 Å². The minimum absolute atomic E-state index is 0.0730. The van der Waals surface area contributed by atoms with Gasteiger partial charge < -0.3 is 19.3 Å². The first kappa shape index (κ1) is 21.0. The van der Waals surface area contributed by atoms with E-state index in [9.17, 15) is 4.79 Å². The number of hydrogen-bond donors (Lipinski definition) is 0. The average molecular weight is 424 g/mol. The van der Waals surface area contributed by atoms with Crippen LogP contribution in [0.5, 0.6) is 5.75 Å². The van der Waals surface area contributed by atoms with E-state index in [2.05, 4.69) is 9.88 Å². The van der Waals surface area contributed by atoms with E-state index in [1.165, 1.54) is 0 Å². The zero-order valence-corrected chi connectivity index (χ0v) is 18.7. The summed E-state index contributed by atoms with van der Waals surface area (Å²) < 4.78 is 12.9. The van der Waals surface area contributed by atoms with E-state index in [0.29, 0.717) is 6.54 Å². The average Bonchev–Trinajstić information content (AvgIpc) is 3.38. The monoisotopic (exact) mass is 423 g/mol. The fourth-order valence-electron chi connectivity index (χ4n) is 3.82. The standard InChI is InChI=1S/C23H29N5O3/c1-23(2,3)31-22(29)26(4)16-12-13-27(15-16)21-11-10-20-24-14-18(28(20)25-21)17-8-6-7-9-19(17)30-5/h6-11,14,16H,12-13,15H2,1-5H3/t16-/m0/s1. The number of imidazole rings is 1. The summed E-state index contributed by atoms with van der Waals surface area (Å²) in [4.78, 5) is 20.8. The number of rotatable bonds is 4. The Morgan fingerprint density at radius 3 is 2.71 bits per heavy atom. The number of amides is 1. The van der Waals surface area contributed by atoms with Crippen LogP contribution in [0.15, 0.2) is 42.6 Å². The summed E-state index contributed by atoms with van der Waals surface area (Å²) in [6, 6.07) is 11.9. The zero-order valence-electron chi connectivity index (χ0n) is 18.7. The van der Waals surface area contributed by atoms with Crippen LogP contribution in [0.2, 0.25) is 0 Å². The molecule has 0 unspecified atom stereocenters. The van der Waals surface area contributed by atoms with Crippen LogP contribution < -0.4 is 9.64 Å². The molecule has 0 radical (unpaired) electrons. The van der Waals surface area contributed by atoms with Crippen molar-refractivity contribution < 1.29 is 14.3 Å². The lowest BCUT2D eigenvalue weighted by Crippen LogP contribution is -2.42. The molecule has 1 aliphatic heterocycles. The van der Waals surface area contributed by atoms with E-state index in [4.69, 9.17) is 14.6 Å². The highest BCUT2D eigenvalue weighted by Crippen LogP contribution is 2.30. The number of fused-ring (bicyclic) bond motifs is 1. The molecule has 0 aliphatic carbocycles. The van der Waals surface area contributed by atoms with Crippen molar-refractivity contribution in [3.05, 3.63) is 42.6 Å². The molecule has 4 rings (SSSR count). The SMILES string of the molecule is COc1ccccc1-c1cnc2ccc(N3CC[C@H](N(C)C(=O)OC(C)(C)C)C3)nn12. The van der Waals surface area contributed by atoms with Crippen molar-refractivity contribution in [2.24, 2.45) is 0 Å². The highest BCUT2D eigenvalue weighted by atomic mass is 16.6. The summed E-state index contributed by atoms with van der Waals surface area (Å²) in [6.45, 7) is 7.15. The van der Waals surface area contributed by atoms with Crippen molar-refractivity contribution >= 4 is 17.6 Å². The van der Waals surface area contributed by atoms with Crippen LogP contribution in [0.3, 0.4) is 0 Å². The number of carbonyl (C=O) groups excluding carboxylic acids is 1. The van der Waals surface area contributed by atoms with Gasteiger partial charge in [0.25, 0.3) is 0 Å². The lowest BCUT2D eigenvalue weighted by Gasteiger charge is -2.28. The minimum Gasteiger partial charge on any atom is -0.496 e. The Morgan fingerprint density at radius 1 is 1.19 bits per heavy atom. The fraction of sp³-hybridized carbons (Fsp3) is 0.435. The number of nitrogens with zero attached hydrogens (tertiary/aromatic N) is 5. The van der Waals surface area contributed by atoms with Gasteiger partial charge in [0.05, 0.1) is 25.0 Å². The van der Waals surface area contributed by atoms with Crippen LogP contribution in [-0.4, -0.2) is 64.5 Å². The van der Waals surface area contributed by atoms with Gasteiger partial charge in [0, 0.05) is 25.7 Å². The van der Waals surface area contributed by atoms with E-state index in [0.717, 1.165) is 41.4 Å². The third-order valence-corrected chi connectivity index (χ3v) is 5.45. The van der Waals surface area contributed by atoms with E-state index in [1.807, 2.05) is 67.9 Å². The molecule has 31 heavy (non-hydrogen) atoms. The summed E-state index contributed by atoms with van der Waals surface area (Å²) >= 11 is 0. The Bertz CT molecular complexity index is 1090. The Labute approximate surface area is 182 Å². The molecule has 1 fully saturated rings. The van der Waals surface area contributed by atoms with E-state index in [1.54, 1.807) is 19.1 Å². The fourth-order valence-corrected chi connectivity index (χ4v) is 3.82. The molecule has 3 heterocycles. The van der Waals surface area contributed by atoms with E-state index < -0.39 is 5.60 Å². The van der Waals surface area contributed by atoms with Crippen molar-refractivity contribution in [2.75, 3.05) is 32.1 Å². The van der Waals surface area contributed by atoms with Crippen LogP contribution in [0.25, 0.3) is 16.9 Å². The number of likely N-dealkylation sites (N-methyl/N-ethyl adjacent to an activating group) is 1. The van der Waals surface area contributed by atoms with Crippen LogP contribution in [0.1, 0.15) is 27.2 Å². The second kappa shape index (κ2) is 8.09. The Balaban J connectivity index is 1.56. The molecule has 0 spiro atoms. The Kier molecular flexibility index (Phi) is 5.47. The van der Waals surface area contributed by atoms with E-state index >= 15 is 0 Å². The molecule has 1 aromatic carbocycles. The summed E-state index contributed by atoms with van der Waals surface area (Å²) in [5.41, 5.74) is 2.07. The third kappa shape index (κ3) is 4.28. The highest BCUT2D eigenvalue weighted by Gasteiger charge is 2.31. The van der Waals surface area contributed by atoms with Gasteiger partial charge >= 0.3 is 6.09 Å². The maximum absolute atomic E-state index is 12.4. The highest BCUT2D eigenvalue weighted by molar-refractivity contribution is 5.70. The number of benzene rings is 1. The zero-order chi connectivity index (χ0) is 22.2. The molecule has 3 aromatic rings. The number of hydrogen-bond acceptors (Lipinski definition) is 6. The van der Waals surface area contributed by atoms with Crippen molar-refractivity contribution in [3.8, 4) is 17.0 Å². The quantitative estimate of drug-likeness (QED) is 0.635. The predicted octanol–water partition coefficient (Wildman–Crippen LogP) is 3.85. The molecule has 1 atom stereocenters. The molecule has 0 N–H and O–H groups in total. The summed E-state index contributed by atoms with van der Waals surface area (Å²) in [5, 5.41) is 4.86. The molecule has 8 heteroatoms. The van der Waals surface area contributed by atoms with Gasteiger partial charge in [0.15, 0.2) is 5.65 Å². The summed E-state index contributed by atoms with van der Waals surface area (Å²) in [5.74, 6) is 1.62. The van der Waals surface area contributed by atoms with Gasteiger partial charge in [-0.15, -0.1) is 5.10 Å². The normalized spacial score (nSPS) is 16.5. The topological polar surface area (TPSA) is 72.2 Å². The molecule has 164 valence electrons. The number of methoxy groups -OCH3 is 1. The van der Waals surface area contributed by atoms with Gasteiger partial charge in [-0.1, -0.05) is 12.1 Å². The van der Waals surface area contributed by atoms with Crippen molar-refractivity contribution in [1.29, 1.82) is 0 Å². The number of anilines is 1. The van der Waals surface area contributed by atoms with Crippen LogP contribution in [-0.2, 0) is 4.74 Å². The Hall–Kier alpha value is -3.29.